The molecule has 7 heteroatoms. The van der Waals surface area contributed by atoms with Crippen molar-refractivity contribution in [2.45, 2.75) is 18.6 Å². The maximum absolute atomic E-state index is 10.3. The van der Waals surface area contributed by atoms with Crippen molar-refractivity contribution < 1.29 is 15.0 Å². The molecule has 0 aromatic carbocycles. The van der Waals surface area contributed by atoms with Gasteiger partial charge in [0.05, 0.1) is 6.10 Å². The fourth-order valence-electron chi connectivity index (χ4n) is 0.670. The number of guanidine groups is 1. The molecule has 0 aromatic heterocycles. The number of carboxylic acids is 1. The van der Waals surface area contributed by atoms with Crippen LogP contribution in [0.25, 0.3) is 0 Å². The third kappa shape index (κ3) is 4.99. The zero-order chi connectivity index (χ0) is 10.4. The van der Waals surface area contributed by atoms with Gasteiger partial charge >= 0.3 is 5.97 Å². The van der Waals surface area contributed by atoms with Gasteiger partial charge in [0, 0.05) is 6.54 Å². The van der Waals surface area contributed by atoms with Crippen LogP contribution in [0.5, 0.6) is 0 Å². The van der Waals surface area contributed by atoms with Gasteiger partial charge in [0.25, 0.3) is 0 Å². The lowest BCUT2D eigenvalue weighted by Gasteiger charge is -2.12. The number of aliphatic hydroxyl groups is 1. The zero-order valence-electron chi connectivity index (χ0n) is 7.05. The fourth-order valence-corrected chi connectivity index (χ4v) is 0.670. The first-order valence-electron chi connectivity index (χ1n) is 3.67. The van der Waals surface area contributed by atoms with E-state index in [2.05, 4.69) is 4.99 Å². The molecule has 1 unspecified atom stereocenters. The minimum atomic E-state index is -1.30. The Hall–Kier alpha value is -1.34. The van der Waals surface area contributed by atoms with Crippen LogP contribution in [0.3, 0.4) is 0 Å². The number of hydrogen-bond acceptors (Lipinski definition) is 4. The highest BCUT2D eigenvalue weighted by Crippen LogP contribution is 1.97. The lowest BCUT2D eigenvalue weighted by atomic mass is 10.1. The summed E-state index contributed by atoms with van der Waals surface area (Å²) in [6.07, 6.45) is -1.02. The molecule has 0 fully saturated rings. The number of rotatable bonds is 5. The van der Waals surface area contributed by atoms with E-state index in [-0.39, 0.29) is 18.9 Å². The van der Waals surface area contributed by atoms with Crippen LogP contribution in [0.4, 0.5) is 0 Å². The molecule has 0 saturated heterocycles. The van der Waals surface area contributed by atoms with E-state index in [1.165, 1.54) is 0 Å². The van der Waals surface area contributed by atoms with Crippen molar-refractivity contribution in [3.63, 3.8) is 0 Å². The average Bonchev–Trinajstić information content (AvgIpc) is 2.02. The average molecular weight is 190 g/mol. The highest BCUT2D eigenvalue weighted by Gasteiger charge is 2.20. The van der Waals surface area contributed by atoms with Gasteiger partial charge in [-0.05, 0) is 6.42 Å². The molecule has 76 valence electrons. The van der Waals surface area contributed by atoms with E-state index in [9.17, 15) is 4.79 Å². The fraction of sp³-hybridized carbons (Fsp3) is 0.667. The molecule has 0 aromatic rings. The van der Waals surface area contributed by atoms with Crippen LogP contribution >= 0.6 is 0 Å². The SMILES string of the molecule is NC(N)=NCCC(O)[C@@H](N)C(=O)O. The van der Waals surface area contributed by atoms with Crippen LogP contribution in [0, 0.1) is 0 Å². The maximum Gasteiger partial charge on any atom is 0.323 e. The summed E-state index contributed by atoms with van der Waals surface area (Å²) in [5.41, 5.74) is 15.1. The van der Waals surface area contributed by atoms with Crippen LogP contribution in [0.1, 0.15) is 6.42 Å². The Kier molecular flexibility index (Phi) is 4.78. The van der Waals surface area contributed by atoms with Crippen molar-refractivity contribution in [3.05, 3.63) is 0 Å². The molecule has 13 heavy (non-hydrogen) atoms. The van der Waals surface area contributed by atoms with E-state index >= 15 is 0 Å². The predicted octanol–water partition coefficient (Wildman–Crippen LogP) is -2.58. The second-order valence-corrected chi connectivity index (χ2v) is 2.53. The van der Waals surface area contributed by atoms with Crippen LogP contribution in [0.2, 0.25) is 0 Å². The molecule has 0 saturated carbocycles. The molecule has 0 bridgehead atoms. The first kappa shape index (κ1) is 11.7. The van der Waals surface area contributed by atoms with Gasteiger partial charge < -0.3 is 27.4 Å². The van der Waals surface area contributed by atoms with Gasteiger partial charge in [0.1, 0.15) is 6.04 Å². The molecular formula is C6H14N4O3. The third-order valence-corrected chi connectivity index (χ3v) is 1.42. The number of nitrogens with zero attached hydrogens (tertiary/aromatic N) is 1. The van der Waals surface area contributed by atoms with Gasteiger partial charge in [-0.25, -0.2) is 0 Å². The highest BCUT2D eigenvalue weighted by molar-refractivity contribution is 5.75. The zero-order valence-corrected chi connectivity index (χ0v) is 7.05. The minimum Gasteiger partial charge on any atom is -0.480 e. The van der Waals surface area contributed by atoms with Gasteiger partial charge in [-0.3, -0.25) is 9.79 Å². The summed E-state index contributed by atoms with van der Waals surface area (Å²) in [5.74, 6) is -1.35. The molecule has 0 radical (unpaired) electrons. The van der Waals surface area contributed by atoms with Crippen molar-refractivity contribution in [3.8, 4) is 0 Å². The van der Waals surface area contributed by atoms with E-state index in [0.29, 0.717) is 0 Å². The number of hydrogen-bond donors (Lipinski definition) is 5. The maximum atomic E-state index is 10.3. The smallest absolute Gasteiger partial charge is 0.323 e. The van der Waals surface area contributed by atoms with Crippen molar-refractivity contribution >= 4 is 11.9 Å². The Morgan fingerprint density at radius 2 is 2.00 bits per heavy atom. The van der Waals surface area contributed by atoms with Gasteiger partial charge in [0.2, 0.25) is 0 Å². The van der Waals surface area contributed by atoms with E-state index in [4.69, 9.17) is 27.4 Å². The Morgan fingerprint density at radius 1 is 1.46 bits per heavy atom. The van der Waals surface area contributed by atoms with Gasteiger partial charge in [-0.2, -0.15) is 0 Å². The second kappa shape index (κ2) is 5.33. The number of aliphatic carboxylic acids is 1. The Morgan fingerprint density at radius 3 is 2.38 bits per heavy atom. The van der Waals surface area contributed by atoms with Crippen molar-refractivity contribution in [2.75, 3.05) is 6.54 Å². The van der Waals surface area contributed by atoms with Gasteiger partial charge in [-0.15, -0.1) is 0 Å². The van der Waals surface area contributed by atoms with E-state index < -0.39 is 18.1 Å². The summed E-state index contributed by atoms with van der Waals surface area (Å²) in [6, 6.07) is -1.30. The van der Waals surface area contributed by atoms with Gasteiger partial charge in [0.15, 0.2) is 5.96 Å². The Bertz CT molecular complexity index is 202. The molecule has 7 nitrogen and oxygen atoms in total. The first-order valence-corrected chi connectivity index (χ1v) is 3.67. The van der Waals surface area contributed by atoms with Crippen LogP contribution in [0.15, 0.2) is 4.99 Å². The number of aliphatic imine (C=N–C) groups is 1. The topological polar surface area (TPSA) is 148 Å². The molecule has 0 spiro atoms. The molecule has 2 atom stereocenters. The van der Waals surface area contributed by atoms with E-state index in [0.717, 1.165) is 0 Å². The summed E-state index contributed by atoms with van der Waals surface area (Å²) >= 11 is 0. The van der Waals surface area contributed by atoms with Crippen molar-refractivity contribution in [1.82, 2.24) is 0 Å². The molecule has 0 heterocycles. The van der Waals surface area contributed by atoms with Crippen LogP contribution in [-0.2, 0) is 4.79 Å². The normalized spacial score (nSPS) is 14.6. The van der Waals surface area contributed by atoms with Crippen LogP contribution in [-0.4, -0.2) is 40.8 Å². The van der Waals surface area contributed by atoms with Crippen molar-refractivity contribution in [2.24, 2.45) is 22.2 Å². The Balaban J connectivity index is 3.81. The number of aliphatic hydroxyl groups excluding tert-OH is 1. The molecule has 0 rings (SSSR count). The number of carboxylic acid groups (broad SMARTS) is 1. The highest BCUT2D eigenvalue weighted by atomic mass is 16.4. The lowest BCUT2D eigenvalue weighted by Crippen LogP contribution is -2.42. The number of nitrogens with two attached hydrogens (primary N) is 3. The molecular weight excluding hydrogens is 176 g/mol. The third-order valence-electron chi connectivity index (χ3n) is 1.42. The quantitative estimate of drug-likeness (QED) is 0.237. The predicted molar refractivity (Wildman–Crippen MR) is 46.9 cm³/mol. The molecule has 0 aliphatic carbocycles. The van der Waals surface area contributed by atoms with E-state index in [1.54, 1.807) is 0 Å². The Labute approximate surface area is 75.2 Å². The minimum absolute atomic E-state index is 0.101. The summed E-state index contributed by atoms with van der Waals surface area (Å²) in [6.45, 7) is 0.157. The monoisotopic (exact) mass is 190 g/mol. The number of carbonyl (C=O) groups is 1. The molecule has 8 N–H and O–H groups in total. The van der Waals surface area contributed by atoms with Crippen molar-refractivity contribution in [1.29, 1.82) is 0 Å². The molecule has 0 aliphatic rings. The van der Waals surface area contributed by atoms with E-state index in [1.807, 2.05) is 0 Å². The second-order valence-electron chi connectivity index (χ2n) is 2.53. The first-order chi connectivity index (χ1) is 5.95. The largest absolute Gasteiger partial charge is 0.480 e. The summed E-state index contributed by atoms with van der Waals surface area (Å²) < 4.78 is 0. The lowest BCUT2D eigenvalue weighted by molar-refractivity contribution is -0.141. The summed E-state index contributed by atoms with van der Waals surface area (Å²) in [5, 5.41) is 17.5. The van der Waals surface area contributed by atoms with Gasteiger partial charge in [-0.1, -0.05) is 0 Å². The van der Waals surface area contributed by atoms with Crippen LogP contribution < -0.4 is 17.2 Å². The molecule has 0 amide bonds. The summed E-state index contributed by atoms with van der Waals surface area (Å²) in [4.78, 5) is 13.8. The summed E-state index contributed by atoms with van der Waals surface area (Å²) in [7, 11) is 0. The molecule has 0 aliphatic heterocycles. The standard InChI is InChI=1S/C6H14N4O3/c7-4(5(12)13)3(11)1-2-10-6(8)9/h3-4,11H,1-2,7H2,(H,12,13)(H4,8,9,10)/t3?,4-/m1/s1.